The van der Waals surface area contributed by atoms with E-state index in [2.05, 4.69) is 9.98 Å². The van der Waals surface area contributed by atoms with Gasteiger partial charge < -0.3 is 4.74 Å². The molecule has 5 rings (SSSR count). The number of hydrogen-bond acceptors (Lipinski definition) is 5. The van der Waals surface area contributed by atoms with Gasteiger partial charge in [0.2, 0.25) is 0 Å². The van der Waals surface area contributed by atoms with Crippen molar-refractivity contribution >= 4 is 63.5 Å². The van der Waals surface area contributed by atoms with E-state index < -0.39 is 0 Å². The number of anilines is 1. The molecule has 178 valence electrons. The molecule has 1 aliphatic heterocycles. The zero-order valence-electron chi connectivity index (χ0n) is 18.8. The number of thioether (sulfide) groups is 1. The number of nitrogens with zero attached hydrogens (tertiary/aromatic N) is 3. The minimum absolute atomic E-state index is 0.183. The van der Waals surface area contributed by atoms with E-state index in [9.17, 15) is 4.79 Å². The van der Waals surface area contributed by atoms with Crippen molar-refractivity contribution in [1.29, 1.82) is 0 Å². The minimum atomic E-state index is -0.183. The number of para-hydroxylation sites is 2. The Hall–Kier alpha value is -3.58. The highest BCUT2D eigenvalue weighted by Gasteiger charge is 2.35. The van der Waals surface area contributed by atoms with Crippen molar-refractivity contribution in [2.75, 3.05) is 4.90 Å². The van der Waals surface area contributed by atoms with Crippen molar-refractivity contribution in [3.63, 3.8) is 0 Å². The summed E-state index contributed by atoms with van der Waals surface area (Å²) in [7, 11) is 0. The normalized spacial score (nSPS) is 15.6. The lowest BCUT2D eigenvalue weighted by Gasteiger charge is -2.15. The number of hydrogen-bond donors (Lipinski definition) is 0. The van der Waals surface area contributed by atoms with Crippen molar-refractivity contribution in [3.8, 4) is 5.75 Å². The van der Waals surface area contributed by atoms with Crippen LogP contribution >= 0.6 is 35.0 Å². The first-order chi connectivity index (χ1) is 17.6. The van der Waals surface area contributed by atoms with E-state index in [1.54, 1.807) is 23.2 Å². The maximum Gasteiger partial charge on any atom is 0.271 e. The lowest BCUT2D eigenvalue weighted by molar-refractivity contribution is -0.113. The average Bonchev–Trinajstić information content (AvgIpc) is 3.20. The summed E-state index contributed by atoms with van der Waals surface area (Å²) in [6, 6.07) is 28.0. The summed E-state index contributed by atoms with van der Waals surface area (Å²) in [5.41, 5.74) is 2.98. The first-order valence-corrected chi connectivity index (χ1v) is 12.6. The highest BCUT2D eigenvalue weighted by molar-refractivity contribution is 8.19. The van der Waals surface area contributed by atoms with E-state index in [1.165, 1.54) is 11.8 Å². The van der Waals surface area contributed by atoms with E-state index >= 15 is 0 Å². The molecule has 1 aromatic heterocycles. The molecule has 1 aliphatic rings. The number of aromatic nitrogens is 1. The van der Waals surface area contributed by atoms with Crippen LogP contribution in [-0.4, -0.2) is 16.1 Å². The predicted octanol–water partition coefficient (Wildman–Crippen LogP) is 7.78. The third-order valence-corrected chi connectivity index (χ3v) is 6.80. The number of carbonyl (C=O) groups is 1. The Bertz CT molecular complexity index is 1460. The Balaban J connectivity index is 1.48. The summed E-state index contributed by atoms with van der Waals surface area (Å²) in [5.74, 6) is 0.484. The van der Waals surface area contributed by atoms with Crippen LogP contribution < -0.4 is 9.64 Å². The number of amides is 1. The van der Waals surface area contributed by atoms with E-state index in [1.807, 2.05) is 84.9 Å². The standard InChI is InChI=1S/C28H19Cl2N3O2S/c29-21-14-12-19(13-15-21)18-35-24-11-5-4-7-20(24)17-25-27(34)33(22-8-2-1-3-9-22)28(36-25)32-23-10-6-16-31-26(23)30/h1-17H,18H2/b25-17-,32-28?. The summed E-state index contributed by atoms with van der Waals surface area (Å²) >= 11 is 13.5. The summed E-state index contributed by atoms with van der Waals surface area (Å²) < 4.78 is 6.08. The fourth-order valence-electron chi connectivity index (χ4n) is 3.53. The molecular weight excluding hydrogens is 513 g/mol. The number of ether oxygens (including phenoxy) is 1. The molecule has 3 aromatic carbocycles. The number of benzene rings is 3. The molecule has 1 fully saturated rings. The van der Waals surface area contributed by atoms with Crippen LogP contribution in [0.15, 0.2) is 107 Å². The molecule has 1 amide bonds. The summed E-state index contributed by atoms with van der Waals surface area (Å²) in [4.78, 5) is 24.4. The number of carbonyl (C=O) groups excluding carboxylic acids is 1. The van der Waals surface area contributed by atoms with Gasteiger partial charge >= 0.3 is 0 Å². The maximum atomic E-state index is 13.6. The van der Waals surface area contributed by atoms with Gasteiger partial charge in [0.25, 0.3) is 5.91 Å². The molecule has 0 spiro atoms. The Morgan fingerprint density at radius 1 is 0.917 bits per heavy atom. The Morgan fingerprint density at radius 2 is 1.67 bits per heavy atom. The second-order valence-electron chi connectivity index (χ2n) is 7.75. The van der Waals surface area contributed by atoms with Gasteiger partial charge in [-0.3, -0.25) is 9.69 Å². The highest BCUT2D eigenvalue weighted by atomic mass is 35.5. The van der Waals surface area contributed by atoms with E-state index in [0.29, 0.717) is 38.8 Å². The number of pyridine rings is 1. The molecule has 4 aromatic rings. The van der Waals surface area contributed by atoms with E-state index in [4.69, 9.17) is 27.9 Å². The van der Waals surface area contributed by atoms with Crippen LogP contribution in [0.4, 0.5) is 11.4 Å². The van der Waals surface area contributed by atoms with Crippen LogP contribution in [0.3, 0.4) is 0 Å². The molecule has 0 N–H and O–H groups in total. The monoisotopic (exact) mass is 531 g/mol. The Kier molecular flexibility index (Phi) is 7.37. The van der Waals surface area contributed by atoms with Gasteiger partial charge in [0.15, 0.2) is 10.3 Å². The SMILES string of the molecule is O=C1/C(=C/c2ccccc2OCc2ccc(Cl)cc2)SC(=Nc2cccnc2Cl)N1c1ccccc1. The van der Waals surface area contributed by atoms with E-state index in [0.717, 1.165) is 11.1 Å². The molecule has 0 bridgehead atoms. The zero-order chi connectivity index (χ0) is 24.9. The first-order valence-electron chi connectivity index (χ1n) is 11.0. The van der Waals surface area contributed by atoms with Crippen molar-refractivity contribution in [2.45, 2.75) is 6.61 Å². The van der Waals surface area contributed by atoms with Crippen LogP contribution in [0, 0.1) is 0 Å². The Labute approximate surface area is 223 Å². The number of halogens is 2. The number of amidine groups is 1. The molecule has 1 saturated heterocycles. The number of rotatable bonds is 6. The first kappa shape index (κ1) is 24.1. The summed E-state index contributed by atoms with van der Waals surface area (Å²) in [5, 5.41) is 1.44. The molecule has 0 aliphatic carbocycles. The van der Waals surface area contributed by atoms with Gasteiger partial charge in [0.05, 0.1) is 10.6 Å². The lowest BCUT2D eigenvalue weighted by atomic mass is 10.1. The molecule has 5 nitrogen and oxygen atoms in total. The summed E-state index contributed by atoms with van der Waals surface area (Å²) in [6.07, 6.45) is 3.42. The van der Waals surface area contributed by atoms with Crippen LogP contribution in [0.5, 0.6) is 5.75 Å². The average molecular weight is 532 g/mol. The molecule has 0 radical (unpaired) electrons. The fraction of sp³-hybridized carbons (Fsp3) is 0.0357. The molecular formula is C28H19Cl2N3O2S. The minimum Gasteiger partial charge on any atom is -0.488 e. The highest BCUT2D eigenvalue weighted by Crippen LogP contribution is 2.39. The Morgan fingerprint density at radius 3 is 2.44 bits per heavy atom. The molecule has 0 saturated carbocycles. The van der Waals surface area contributed by atoms with Gasteiger partial charge in [0.1, 0.15) is 18.0 Å². The lowest BCUT2D eigenvalue weighted by Crippen LogP contribution is -2.28. The molecule has 0 unspecified atom stereocenters. The quantitative estimate of drug-likeness (QED) is 0.188. The molecule has 36 heavy (non-hydrogen) atoms. The van der Waals surface area contributed by atoms with Gasteiger partial charge in [-0.05, 0) is 65.9 Å². The third kappa shape index (κ3) is 5.46. The smallest absolute Gasteiger partial charge is 0.271 e. The predicted molar refractivity (Wildman–Crippen MR) is 148 cm³/mol. The van der Waals surface area contributed by atoms with Gasteiger partial charge in [-0.2, -0.15) is 0 Å². The van der Waals surface area contributed by atoms with Crippen molar-refractivity contribution in [2.24, 2.45) is 4.99 Å². The topological polar surface area (TPSA) is 54.8 Å². The van der Waals surface area contributed by atoms with Crippen molar-refractivity contribution in [3.05, 3.63) is 123 Å². The molecule has 8 heteroatoms. The van der Waals surface area contributed by atoms with Gasteiger partial charge in [-0.25, -0.2) is 9.98 Å². The summed E-state index contributed by atoms with van der Waals surface area (Å²) in [6.45, 7) is 0.376. The van der Waals surface area contributed by atoms with Crippen LogP contribution in [0.2, 0.25) is 10.2 Å². The zero-order valence-corrected chi connectivity index (χ0v) is 21.2. The third-order valence-electron chi connectivity index (χ3n) is 5.29. The number of aliphatic imine (C=N–C) groups is 1. The second-order valence-corrected chi connectivity index (χ2v) is 9.55. The van der Waals surface area contributed by atoms with Gasteiger partial charge in [0, 0.05) is 16.8 Å². The largest absolute Gasteiger partial charge is 0.488 e. The maximum absolute atomic E-state index is 13.6. The van der Waals surface area contributed by atoms with Crippen molar-refractivity contribution in [1.82, 2.24) is 4.98 Å². The van der Waals surface area contributed by atoms with E-state index in [-0.39, 0.29) is 11.1 Å². The van der Waals surface area contributed by atoms with Crippen LogP contribution in [-0.2, 0) is 11.4 Å². The van der Waals surface area contributed by atoms with Gasteiger partial charge in [-0.15, -0.1) is 0 Å². The molecule has 2 heterocycles. The second kappa shape index (κ2) is 11.0. The molecule has 0 atom stereocenters. The van der Waals surface area contributed by atoms with Crippen LogP contribution in [0.1, 0.15) is 11.1 Å². The van der Waals surface area contributed by atoms with Gasteiger partial charge in [-0.1, -0.05) is 71.7 Å². The van der Waals surface area contributed by atoms with Crippen molar-refractivity contribution < 1.29 is 9.53 Å². The van der Waals surface area contributed by atoms with Crippen LogP contribution in [0.25, 0.3) is 6.08 Å². The fourth-order valence-corrected chi connectivity index (χ4v) is 4.80.